The van der Waals surface area contributed by atoms with Crippen molar-refractivity contribution < 1.29 is 40.3 Å². The van der Waals surface area contributed by atoms with E-state index in [9.17, 15) is 40.8 Å². The zero-order valence-electron chi connectivity index (χ0n) is 22.1. The number of alkyl halides is 3. The van der Waals surface area contributed by atoms with Gasteiger partial charge in [-0.1, -0.05) is 18.2 Å². The van der Waals surface area contributed by atoms with Crippen molar-refractivity contribution in [3.8, 4) is 6.07 Å². The third kappa shape index (κ3) is 8.24. The Morgan fingerprint density at radius 1 is 1.12 bits per heavy atom. The molecule has 216 valence electrons. The molecule has 1 heterocycles. The van der Waals surface area contributed by atoms with Gasteiger partial charge in [0.15, 0.2) is 21.7 Å². The zero-order valence-corrected chi connectivity index (χ0v) is 22.9. The summed E-state index contributed by atoms with van der Waals surface area (Å²) in [6.07, 6.45) is -5.44. The summed E-state index contributed by atoms with van der Waals surface area (Å²) in [7, 11) is -4.35. The van der Waals surface area contributed by atoms with E-state index in [1.165, 1.54) is 39.1 Å². The number of nitriles is 1. The predicted octanol–water partition coefficient (Wildman–Crippen LogP) is 5.31. The lowest BCUT2D eigenvalue weighted by molar-refractivity contribution is -0.188. The van der Waals surface area contributed by atoms with Crippen LogP contribution >= 0.6 is 0 Å². The van der Waals surface area contributed by atoms with Gasteiger partial charge in [-0.25, -0.2) is 17.6 Å². The van der Waals surface area contributed by atoms with E-state index < -0.39 is 80.3 Å². The van der Waals surface area contributed by atoms with Gasteiger partial charge in [0, 0.05) is 12.6 Å². The molecule has 1 aliphatic carbocycles. The monoisotopic (exact) mass is 583 g/mol. The highest BCUT2D eigenvalue weighted by Crippen LogP contribution is 2.49. The number of halogens is 4. The second-order valence-electron chi connectivity index (χ2n) is 10.8. The molecule has 0 N–H and O–H groups in total. The molecule has 0 radical (unpaired) electrons. The lowest BCUT2D eigenvalue weighted by Gasteiger charge is -2.39. The van der Waals surface area contributed by atoms with Crippen LogP contribution in [-0.2, 0) is 25.1 Å². The van der Waals surface area contributed by atoms with Crippen molar-refractivity contribution in [3.63, 3.8) is 0 Å². The van der Waals surface area contributed by atoms with Crippen LogP contribution in [0.3, 0.4) is 0 Å². The molecule has 3 rings (SSSR count). The lowest BCUT2D eigenvalue weighted by atomic mass is 9.95. The van der Waals surface area contributed by atoms with Gasteiger partial charge < -0.3 is 4.74 Å². The SMILES string of the molecule is CC(C)(C)OC(=O)N([C@@H](c1ccc(F)cc1)C(F)(F)F)[C@@H](CS(=O)(=O)Cc1ccccn1)C(=O)CC1(C#N)CC1. The number of Topliss-reactive ketones (excluding diaryl/α,β-unsaturated/α-hetero) is 1. The van der Waals surface area contributed by atoms with Gasteiger partial charge in [-0.15, -0.1) is 0 Å². The van der Waals surface area contributed by atoms with Crippen molar-refractivity contribution in [3.05, 3.63) is 65.7 Å². The Labute approximate surface area is 229 Å². The fourth-order valence-corrected chi connectivity index (χ4v) is 5.71. The molecule has 1 amide bonds. The second-order valence-corrected chi connectivity index (χ2v) is 12.9. The number of ether oxygens (including phenoxy) is 1. The molecule has 13 heteroatoms. The third-order valence-electron chi connectivity index (χ3n) is 6.19. The summed E-state index contributed by atoms with van der Waals surface area (Å²) in [5, 5.41) is 9.51. The molecule has 1 aromatic heterocycles. The molecular formula is C27H29F4N3O5S. The Bertz CT molecular complexity index is 1360. The first-order chi connectivity index (χ1) is 18.5. The maximum Gasteiger partial charge on any atom is 0.413 e. The summed E-state index contributed by atoms with van der Waals surface area (Å²) in [6.45, 7) is 4.19. The van der Waals surface area contributed by atoms with Crippen LogP contribution in [0.1, 0.15) is 57.3 Å². The molecule has 0 unspecified atom stereocenters. The number of hydrogen-bond donors (Lipinski definition) is 0. The minimum Gasteiger partial charge on any atom is -0.444 e. The minimum atomic E-state index is -5.23. The number of amides is 1. The quantitative estimate of drug-likeness (QED) is 0.348. The predicted molar refractivity (Wildman–Crippen MR) is 136 cm³/mol. The minimum absolute atomic E-state index is 0.0737. The van der Waals surface area contributed by atoms with Crippen LogP contribution < -0.4 is 0 Å². The van der Waals surface area contributed by atoms with Crippen molar-refractivity contribution >= 4 is 21.7 Å². The average molecular weight is 584 g/mol. The number of pyridine rings is 1. The van der Waals surface area contributed by atoms with E-state index in [0.29, 0.717) is 12.8 Å². The lowest BCUT2D eigenvalue weighted by Crippen LogP contribution is -2.55. The van der Waals surface area contributed by atoms with Gasteiger partial charge in [-0.3, -0.25) is 14.7 Å². The number of carbonyl (C=O) groups excluding carboxylic acids is 2. The summed E-state index contributed by atoms with van der Waals surface area (Å²) < 4.78 is 89.5. The highest BCUT2D eigenvalue weighted by atomic mass is 32.2. The first-order valence-electron chi connectivity index (χ1n) is 12.3. The van der Waals surface area contributed by atoms with E-state index in [4.69, 9.17) is 4.74 Å². The summed E-state index contributed by atoms with van der Waals surface area (Å²) in [5.41, 5.74) is -3.00. The van der Waals surface area contributed by atoms with Crippen molar-refractivity contribution in [1.29, 1.82) is 5.26 Å². The van der Waals surface area contributed by atoms with E-state index in [-0.39, 0.29) is 10.6 Å². The summed E-state index contributed by atoms with van der Waals surface area (Å²) in [5.74, 6) is -3.78. The van der Waals surface area contributed by atoms with Crippen LogP contribution in [0.4, 0.5) is 22.4 Å². The Morgan fingerprint density at radius 3 is 2.23 bits per heavy atom. The molecular weight excluding hydrogens is 554 g/mol. The molecule has 8 nitrogen and oxygen atoms in total. The standard InChI is InChI=1S/C27H29F4N3O5S/c1-25(2,3)39-24(36)34(23(27(29,30)31)18-7-9-19(28)10-8-18)21(22(35)14-26(17-32)11-12-26)16-40(37,38)15-20-6-4-5-13-33-20/h4-10,13,21,23H,11-12,14-16H2,1-3H3/t21-,23-/m0/s1. The van der Waals surface area contributed by atoms with Crippen LogP contribution in [0.15, 0.2) is 48.7 Å². The Kier molecular flexibility index (Phi) is 8.93. The van der Waals surface area contributed by atoms with Gasteiger partial charge in [-0.2, -0.15) is 18.4 Å². The van der Waals surface area contributed by atoms with Crippen molar-refractivity contribution in [2.75, 3.05) is 5.75 Å². The molecule has 1 aromatic carbocycles. The third-order valence-corrected chi connectivity index (χ3v) is 7.75. The van der Waals surface area contributed by atoms with E-state index >= 15 is 0 Å². The molecule has 0 aliphatic heterocycles. The van der Waals surface area contributed by atoms with Gasteiger partial charge in [0.05, 0.1) is 28.7 Å². The van der Waals surface area contributed by atoms with Gasteiger partial charge in [0.1, 0.15) is 17.5 Å². The fourth-order valence-electron chi connectivity index (χ4n) is 4.15. The highest BCUT2D eigenvalue weighted by Gasteiger charge is 2.54. The van der Waals surface area contributed by atoms with Gasteiger partial charge >= 0.3 is 12.3 Å². The van der Waals surface area contributed by atoms with Crippen LogP contribution in [-0.4, -0.2) is 53.8 Å². The number of hydrogen-bond acceptors (Lipinski definition) is 7. The molecule has 0 spiro atoms. The maximum atomic E-state index is 14.7. The van der Waals surface area contributed by atoms with E-state index in [1.807, 2.05) is 6.07 Å². The molecule has 0 saturated heterocycles. The second kappa shape index (κ2) is 11.5. The van der Waals surface area contributed by atoms with Crippen molar-refractivity contribution in [2.24, 2.45) is 5.41 Å². The number of rotatable bonds is 10. The highest BCUT2D eigenvalue weighted by molar-refractivity contribution is 7.90. The van der Waals surface area contributed by atoms with Gasteiger partial charge in [-0.05, 0) is 63.4 Å². The largest absolute Gasteiger partial charge is 0.444 e. The van der Waals surface area contributed by atoms with E-state index in [0.717, 1.165) is 24.3 Å². The molecule has 2 aromatic rings. The summed E-state index contributed by atoms with van der Waals surface area (Å²) in [4.78, 5) is 31.0. The maximum absolute atomic E-state index is 14.7. The number of carbonyl (C=O) groups is 2. The molecule has 40 heavy (non-hydrogen) atoms. The Hall–Kier alpha value is -3.53. The van der Waals surface area contributed by atoms with Crippen molar-refractivity contribution in [2.45, 2.75) is 69.6 Å². The Morgan fingerprint density at radius 2 is 1.75 bits per heavy atom. The Balaban J connectivity index is 2.17. The molecule has 0 bridgehead atoms. The number of benzene rings is 1. The van der Waals surface area contributed by atoms with Crippen molar-refractivity contribution in [1.82, 2.24) is 9.88 Å². The van der Waals surface area contributed by atoms with Crippen LogP contribution in [0.25, 0.3) is 0 Å². The molecule has 1 aliphatic rings. The molecule has 2 atom stereocenters. The summed E-state index contributed by atoms with van der Waals surface area (Å²) in [6, 6.07) is 4.49. The molecule has 1 fully saturated rings. The van der Waals surface area contributed by atoms with Gasteiger partial charge in [0.2, 0.25) is 0 Å². The number of sulfone groups is 1. The average Bonchev–Trinajstić information content (AvgIpc) is 3.60. The van der Waals surface area contributed by atoms with Crippen LogP contribution in [0, 0.1) is 22.6 Å². The normalized spacial score (nSPS) is 16.4. The summed E-state index contributed by atoms with van der Waals surface area (Å²) >= 11 is 0. The van der Waals surface area contributed by atoms with Gasteiger partial charge in [0.25, 0.3) is 0 Å². The first kappa shape index (κ1) is 31.0. The topological polar surface area (TPSA) is 117 Å². The van der Waals surface area contributed by atoms with E-state index in [1.54, 1.807) is 6.07 Å². The number of aromatic nitrogens is 1. The van der Waals surface area contributed by atoms with Crippen LogP contribution in [0.5, 0.6) is 0 Å². The fraction of sp³-hybridized carbons (Fsp3) is 0.481. The first-order valence-corrected chi connectivity index (χ1v) is 14.2. The molecule has 1 saturated carbocycles. The van der Waals surface area contributed by atoms with E-state index in [2.05, 4.69) is 4.98 Å². The zero-order chi connectivity index (χ0) is 29.9. The smallest absolute Gasteiger partial charge is 0.413 e. The van der Waals surface area contributed by atoms with Crippen LogP contribution in [0.2, 0.25) is 0 Å². The number of nitrogens with zero attached hydrogens (tertiary/aromatic N) is 3. The number of ketones is 1.